The fourth-order valence-electron chi connectivity index (χ4n) is 1.95. The fourth-order valence-corrected chi connectivity index (χ4v) is 1.95. The molecule has 0 radical (unpaired) electrons. The molecule has 1 amide bonds. The molecule has 1 fully saturated rings. The molecule has 1 atom stereocenters. The van der Waals surface area contributed by atoms with Gasteiger partial charge in [-0.15, -0.1) is 0 Å². The molecule has 0 aliphatic carbocycles. The van der Waals surface area contributed by atoms with E-state index in [9.17, 15) is 4.79 Å². The van der Waals surface area contributed by atoms with Gasteiger partial charge in [-0.25, -0.2) is 0 Å². The molecule has 1 aliphatic rings. The third-order valence-corrected chi connectivity index (χ3v) is 3.17. The topological polar surface area (TPSA) is 62.4 Å². The Hall–Kier alpha value is -0.650. The summed E-state index contributed by atoms with van der Waals surface area (Å²) in [4.78, 5) is 11.6. The molecular formula is C12H25N3O2. The fraction of sp³-hybridized carbons (Fsp3) is 0.917. The van der Waals surface area contributed by atoms with Gasteiger partial charge in [-0.3, -0.25) is 4.79 Å². The Morgan fingerprint density at radius 2 is 2.18 bits per heavy atom. The molecule has 1 heterocycles. The number of ether oxygens (including phenoxy) is 1. The van der Waals surface area contributed by atoms with Crippen LogP contribution in [0.3, 0.4) is 0 Å². The molecule has 3 N–H and O–H groups in total. The number of methoxy groups -OCH3 is 1. The molecule has 1 saturated heterocycles. The number of nitrogens with one attached hydrogen (secondary N) is 3. The third kappa shape index (κ3) is 6.00. The smallest absolute Gasteiger partial charge is 0.236 e. The maximum absolute atomic E-state index is 11.6. The van der Waals surface area contributed by atoms with Gasteiger partial charge in [0.05, 0.1) is 12.6 Å². The molecule has 0 spiro atoms. The van der Waals surface area contributed by atoms with Crippen molar-refractivity contribution in [2.75, 3.05) is 39.9 Å². The lowest BCUT2D eigenvalue weighted by atomic mass is 9.98. The molecule has 0 saturated carbocycles. The first kappa shape index (κ1) is 14.4. The minimum absolute atomic E-state index is 0.0518. The van der Waals surface area contributed by atoms with Crippen molar-refractivity contribution in [3.05, 3.63) is 0 Å². The predicted octanol–water partition coefficient (Wildman–Crippen LogP) is -0.273. The number of hydrogen-bond acceptors (Lipinski definition) is 4. The van der Waals surface area contributed by atoms with Crippen molar-refractivity contribution < 1.29 is 9.53 Å². The summed E-state index contributed by atoms with van der Waals surface area (Å²) in [5.41, 5.74) is 0. The van der Waals surface area contributed by atoms with Crippen LogP contribution in [0.2, 0.25) is 0 Å². The molecule has 1 rings (SSSR count). The van der Waals surface area contributed by atoms with Crippen LogP contribution in [0.25, 0.3) is 0 Å². The van der Waals surface area contributed by atoms with Crippen LogP contribution in [0.4, 0.5) is 0 Å². The van der Waals surface area contributed by atoms with Crippen LogP contribution in [-0.2, 0) is 9.53 Å². The Kier molecular flexibility index (Phi) is 7.16. The van der Waals surface area contributed by atoms with Crippen molar-refractivity contribution in [3.8, 4) is 0 Å². The molecule has 1 aliphatic heterocycles. The van der Waals surface area contributed by atoms with E-state index in [4.69, 9.17) is 4.74 Å². The van der Waals surface area contributed by atoms with Crippen LogP contribution in [-0.4, -0.2) is 51.8 Å². The van der Waals surface area contributed by atoms with Gasteiger partial charge in [0.25, 0.3) is 0 Å². The van der Waals surface area contributed by atoms with Gasteiger partial charge in [-0.05, 0) is 45.3 Å². The number of hydrogen-bond donors (Lipinski definition) is 3. The van der Waals surface area contributed by atoms with Crippen molar-refractivity contribution in [2.24, 2.45) is 5.92 Å². The van der Waals surface area contributed by atoms with Crippen LogP contribution < -0.4 is 16.0 Å². The minimum atomic E-state index is -0.123. The highest BCUT2D eigenvalue weighted by molar-refractivity contribution is 5.81. The standard InChI is InChI=1S/C12H25N3O2/c1-10(12(16)14-7-8-17-2)15-9-11-3-5-13-6-4-11/h10-11,13,15H,3-9H2,1-2H3,(H,14,16). The van der Waals surface area contributed by atoms with Crippen LogP contribution in [0, 0.1) is 5.92 Å². The first-order valence-corrected chi connectivity index (χ1v) is 6.44. The second-order valence-electron chi connectivity index (χ2n) is 4.61. The predicted molar refractivity (Wildman–Crippen MR) is 67.9 cm³/mol. The van der Waals surface area contributed by atoms with Gasteiger partial charge < -0.3 is 20.7 Å². The molecule has 0 aromatic carbocycles. The van der Waals surface area contributed by atoms with Gasteiger partial charge in [0.2, 0.25) is 5.91 Å². The van der Waals surface area contributed by atoms with E-state index in [2.05, 4.69) is 16.0 Å². The van der Waals surface area contributed by atoms with Crippen LogP contribution in [0.5, 0.6) is 0 Å². The van der Waals surface area contributed by atoms with E-state index in [-0.39, 0.29) is 11.9 Å². The number of piperidine rings is 1. The summed E-state index contributed by atoms with van der Waals surface area (Å²) in [6.45, 7) is 6.17. The summed E-state index contributed by atoms with van der Waals surface area (Å²) in [6.07, 6.45) is 2.40. The Morgan fingerprint density at radius 3 is 2.82 bits per heavy atom. The zero-order chi connectivity index (χ0) is 12.5. The average molecular weight is 243 g/mol. The third-order valence-electron chi connectivity index (χ3n) is 3.17. The normalized spacial score (nSPS) is 18.9. The van der Waals surface area contributed by atoms with Crippen LogP contribution >= 0.6 is 0 Å². The van der Waals surface area contributed by atoms with Gasteiger partial charge in [-0.2, -0.15) is 0 Å². The maximum atomic E-state index is 11.6. The Morgan fingerprint density at radius 1 is 1.47 bits per heavy atom. The Balaban J connectivity index is 2.10. The average Bonchev–Trinajstić information content (AvgIpc) is 2.37. The van der Waals surface area contributed by atoms with E-state index in [0.29, 0.717) is 19.1 Å². The molecule has 1 unspecified atom stereocenters. The molecule has 0 aromatic heterocycles. The largest absolute Gasteiger partial charge is 0.383 e. The summed E-state index contributed by atoms with van der Waals surface area (Å²) in [6, 6.07) is -0.123. The zero-order valence-electron chi connectivity index (χ0n) is 10.9. The van der Waals surface area contributed by atoms with Crippen molar-refractivity contribution in [1.29, 1.82) is 0 Å². The molecule has 5 heteroatoms. The number of rotatable bonds is 7. The van der Waals surface area contributed by atoms with E-state index in [1.165, 1.54) is 12.8 Å². The summed E-state index contributed by atoms with van der Waals surface area (Å²) < 4.78 is 4.89. The Bertz CT molecular complexity index is 218. The lowest BCUT2D eigenvalue weighted by molar-refractivity contribution is -0.123. The van der Waals surface area contributed by atoms with Crippen molar-refractivity contribution in [3.63, 3.8) is 0 Å². The first-order valence-electron chi connectivity index (χ1n) is 6.44. The molecule has 100 valence electrons. The maximum Gasteiger partial charge on any atom is 0.236 e. The second-order valence-corrected chi connectivity index (χ2v) is 4.61. The SMILES string of the molecule is COCCNC(=O)C(C)NCC1CCNCC1. The molecule has 17 heavy (non-hydrogen) atoms. The van der Waals surface area contributed by atoms with Crippen molar-refractivity contribution in [2.45, 2.75) is 25.8 Å². The number of amides is 1. The van der Waals surface area contributed by atoms with Crippen molar-refractivity contribution >= 4 is 5.91 Å². The lowest BCUT2D eigenvalue weighted by Gasteiger charge is -2.24. The van der Waals surface area contributed by atoms with E-state index in [1.54, 1.807) is 7.11 Å². The van der Waals surface area contributed by atoms with E-state index in [1.807, 2.05) is 6.92 Å². The van der Waals surface area contributed by atoms with Gasteiger partial charge in [0.1, 0.15) is 0 Å². The Labute approximate surface area is 104 Å². The summed E-state index contributed by atoms with van der Waals surface area (Å²) in [5.74, 6) is 0.751. The monoisotopic (exact) mass is 243 g/mol. The highest BCUT2D eigenvalue weighted by Gasteiger charge is 2.16. The van der Waals surface area contributed by atoms with Gasteiger partial charge in [-0.1, -0.05) is 0 Å². The number of carbonyl (C=O) groups is 1. The highest BCUT2D eigenvalue weighted by atomic mass is 16.5. The molecular weight excluding hydrogens is 218 g/mol. The zero-order valence-corrected chi connectivity index (χ0v) is 10.9. The van der Waals surface area contributed by atoms with E-state index >= 15 is 0 Å². The summed E-state index contributed by atoms with van der Waals surface area (Å²) in [5, 5.41) is 9.47. The summed E-state index contributed by atoms with van der Waals surface area (Å²) in [7, 11) is 1.63. The van der Waals surface area contributed by atoms with Gasteiger partial charge in [0.15, 0.2) is 0 Å². The van der Waals surface area contributed by atoms with Gasteiger partial charge in [0, 0.05) is 13.7 Å². The molecule has 0 aromatic rings. The molecule has 5 nitrogen and oxygen atoms in total. The highest BCUT2D eigenvalue weighted by Crippen LogP contribution is 2.09. The van der Waals surface area contributed by atoms with E-state index in [0.717, 1.165) is 19.6 Å². The lowest BCUT2D eigenvalue weighted by Crippen LogP contribution is -2.45. The van der Waals surface area contributed by atoms with Crippen LogP contribution in [0.1, 0.15) is 19.8 Å². The quantitative estimate of drug-likeness (QED) is 0.539. The van der Waals surface area contributed by atoms with Gasteiger partial charge >= 0.3 is 0 Å². The minimum Gasteiger partial charge on any atom is -0.383 e. The first-order chi connectivity index (χ1) is 8.24. The number of carbonyl (C=O) groups excluding carboxylic acids is 1. The van der Waals surface area contributed by atoms with E-state index < -0.39 is 0 Å². The summed E-state index contributed by atoms with van der Waals surface area (Å²) >= 11 is 0. The van der Waals surface area contributed by atoms with Crippen molar-refractivity contribution in [1.82, 2.24) is 16.0 Å². The second kappa shape index (κ2) is 8.44. The van der Waals surface area contributed by atoms with Crippen LogP contribution in [0.15, 0.2) is 0 Å². The molecule has 0 bridgehead atoms.